The van der Waals surface area contributed by atoms with Gasteiger partial charge in [-0.15, -0.1) is 0 Å². The van der Waals surface area contributed by atoms with Crippen LogP contribution in [0.5, 0.6) is 23.0 Å². The summed E-state index contributed by atoms with van der Waals surface area (Å²) < 4.78 is 50.3. The van der Waals surface area contributed by atoms with Crippen molar-refractivity contribution in [1.82, 2.24) is 5.32 Å². The molecule has 0 saturated carbocycles. The van der Waals surface area contributed by atoms with Crippen molar-refractivity contribution in [3.63, 3.8) is 0 Å². The number of nitrogens with zero attached hydrogens (tertiary/aromatic N) is 1. The van der Waals surface area contributed by atoms with Gasteiger partial charge in [-0.05, 0) is 17.7 Å². The number of nitrogens with one attached hydrogen (secondary N) is 1. The van der Waals surface area contributed by atoms with Gasteiger partial charge in [0.1, 0.15) is 17.2 Å². The molecule has 190 valence electrons. The maximum absolute atomic E-state index is 13.5. The van der Waals surface area contributed by atoms with Gasteiger partial charge in [-0.3, -0.25) is 4.79 Å². The van der Waals surface area contributed by atoms with Gasteiger partial charge in [-0.1, -0.05) is 12.1 Å². The lowest BCUT2D eigenvalue weighted by atomic mass is 10.1. The van der Waals surface area contributed by atoms with Crippen molar-refractivity contribution in [2.45, 2.75) is 12.3 Å². The van der Waals surface area contributed by atoms with Gasteiger partial charge in [0.2, 0.25) is 5.91 Å². The summed E-state index contributed by atoms with van der Waals surface area (Å²) in [7, 11) is 1.89. The Balaban J connectivity index is 2.10. The molecule has 1 N–H and O–H groups in total. The Morgan fingerprint density at radius 3 is 2.03 bits per heavy atom. The molecular formula is C26H29N2O7S+. The van der Waals surface area contributed by atoms with Crippen LogP contribution in [0.15, 0.2) is 66.3 Å². The lowest BCUT2D eigenvalue weighted by Gasteiger charge is -2.18. The number of ether oxygens (including phenoxy) is 4. The van der Waals surface area contributed by atoms with Crippen LogP contribution in [0.4, 0.5) is 0 Å². The molecule has 1 atom stereocenters. The van der Waals surface area contributed by atoms with Crippen LogP contribution in [0, 0.1) is 0 Å². The third-order valence-corrected chi connectivity index (χ3v) is 6.90. The average Bonchev–Trinajstić information content (AvgIpc) is 2.89. The molecule has 0 fully saturated rings. The Kier molecular flexibility index (Phi) is 8.55. The molecule has 0 aliphatic carbocycles. The number of amides is 1. The van der Waals surface area contributed by atoms with Crippen LogP contribution in [-0.4, -0.2) is 42.8 Å². The third kappa shape index (κ3) is 5.95. The number of rotatable bonds is 10. The molecule has 0 radical (unpaired) electrons. The van der Waals surface area contributed by atoms with Crippen LogP contribution in [0.25, 0.3) is 11.8 Å². The zero-order chi connectivity index (χ0) is 26.3. The van der Waals surface area contributed by atoms with E-state index in [1.165, 1.54) is 41.4 Å². The van der Waals surface area contributed by atoms with Gasteiger partial charge in [-0.25, -0.2) is 8.42 Å². The quantitative estimate of drug-likeness (QED) is 0.415. The van der Waals surface area contributed by atoms with E-state index in [1.807, 2.05) is 30.6 Å². The first-order valence-electron chi connectivity index (χ1n) is 10.9. The second-order valence-corrected chi connectivity index (χ2v) is 9.55. The van der Waals surface area contributed by atoms with Crippen LogP contribution < -0.4 is 28.8 Å². The van der Waals surface area contributed by atoms with Crippen LogP contribution in [0.2, 0.25) is 0 Å². The fraction of sp³-hybridized carbons (Fsp3) is 0.231. The monoisotopic (exact) mass is 513 g/mol. The summed E-state index contributed by atoms with van der Waals surface area (Å²) >= 11 is 0. The number of benzene rings is 2. The topological polar surface area (TPSA) is 104 Å². The third-order valence-electron chi connectivity index (χ3n) is 5.34. The molecule has 1 unspecified atom stereocenters. The Bertz CT molecular complexity index is 1330. The summed E-state index contributed by atoms with van der Waals surface area (Å²) in [5.41, 5.74) is 1.38. The molecule has 0 aliphatic rings. The summed E-state index contributed by atoms with van der Waals surface area (Å²) in [6, 6.07) is 13.7. The van der Waals surface area contributed by atoms with E-state index in [9.17, 15) is 13.2 Å². The molecular weight excluding hydrogens is 484 g/mol. The predicted octanol–water partition coefficient (Wildman–Crippen LogP) is 3.22. The van der Waals surface area contributed by atoms with Crippen molar-refractivity contribution in [1.29, 1.82) is 0 Å². The zero-order valence-corrected chi connectivity index (χ0v) is 21.5. The van der Waals surface area contributed by atoms with E-state index in [0.717, 1.165) is 5.41 Å². The SMILES string of the molecule is COc1cc(OC)c(/C=C/S(=O)(=O)C(NC(C)=O)c2ccc(OC)c(-[n+]3ccccc3)c2)c(OC)c1. The number of pyridine rings is 1. The molecule has 9 nitrogen and oxygen atoms in total. The van der Waals surface area contributed by atoms with E-state index in [1.54, 1.807) is 34.9 Å². The summed E-state index contributed by atoms with van der Waals surface area (Å²) in [6.07, 6.45) is 5.00. The summed E-state index contributed by atoms with van der Waals surface area (Å²) in [5, 5.41) is 2.23. The molecule has 3 rings (SSSR count). The minimum absolute atomic E-state index is 0.357. The van der Waals surface area contributed by atoms with Crippen molar-refractivity contribution >= 4 is 21.8 Å². The van der Waals surface area contributed by atoms with E-state index >= 15 is 0 Å². The summed E-state index contributed by atoms with van der Waals surface area (Å²) in [6.45, 7) is 1.26. The standard InChI is InChI=1S/C26H28N2O7S/c1-18(29)27-26(19-9-10-23(33-3)22(15-19)28-12-7-6-8-13-28)36(30,31)14-11-21-24(34-4)16-20(32-2)17-25(21)35-5/h6-17,26H,1-5H3/p+1/b14-11+. The molecule has 36 heavy (non-hydrogen) atoms. The highest BCUT2D eigenvalue weighted by Crippen LogP contribution is 2.36. The Morgan fingerprint density at radius 2 is 1.50 bits per heavy atom. The molecule has 2 aromatic carbocycles. The molecule has 0 bridgehead atoms. The normalized spacial score (nSPS) is 12.1. The van der Waals surface area contributed by atoms with Crippen LogP contribution in [0.1, 0.15) is 23.4 Å². The zero-order valence-electron chi connectivity index (χ0n) is 20.7. The fourth-order valence-electron chi connectivity index (χ4n) is 3.61. The Morgan fingerprint density at radius 1 is 0.889 bits per heavy atom. The second kappa shape index (κ2) is 11.6. The number of methoxy groups -OCH3 is 4. The molecule has 0 saturated heterocycles. The van der Waals surface area contributed by atoms with Crippen molar-refractivity contribution in [3.8, 4) is 28.7 Å². The van der Waals surface area contributed by atoms with E-state index in [2.05, 4.69) is 5.32 Å². The number of aromatic nitrogens is 1. The lowest BCUT2D eigenvalue weighted by molar-refractivity contribution is -0.596. The van der Waals surface area contributed by atoms with Crippen molar-refractivity contribution < 1.29 is 36.7 Å². The largest absolute Gasteiger partial charge is 0.496 e. The highest BCUT2D eigenvalue weighted by Gasteiger charge is 2.29. The second-order valence-electron chi connectivity index (χ2n) is 7.63. The van der Waals surface area contributed by atoms with E-state index in [4.69, 9.17) is 18.9 Å². The van der Waals surface area contributed by atoms with E-state index in [0.29, 0.717) is 39.8 Å². The van der Waals surface area contributed by atoms with Crippen molar-refractivity contribution in [3.05, 3.63) is 77.5 Å². The van der Waals surface area contributed by atoms with Gasteiger partial charge < -0.3 is 24.3 Å². The number of carbonyl (C=O) groups is 1. The van der Waals surface area contributed by atoms with Gasteiger partial charge in [0.15, 0.2) is 33.4 Å². The molecule has 1 amide bonds. The molecule has 1 heterocycles. The molecule has 1 aromatic heterocycles. The van der Waals surface area contributed by atoms with E-state index in [-0.39, 0.29) is 0 Å². The Hall–Kier alpha value is -4.05. The van der Waals surface area contributed by atoms with Crippen LogP contribution >= 0.6 is 0 Å². The first-order chi connectivity index (χ1) is 17.2. The minimum atomic E-state index is -4.06. The van der Waals surface area contributed by atoms with Gasteiger partial charge >= 0.3 is 0 Å². The van der Waals surface area contributed by atoms with E-state index < -0.39 is 21.1 Å². The number of carbonyl (C=O) groups excluding carboxylic acids is 1. The molecule has 0 aliphatic heterocycles. The lowest BCUT2D eigenvalue weighted by Crippen LogP contribution is -2.33. The molecule has 10 heteroatoms. The summed E-state index contributed by atoms with van der Waals surface area (Å²) in [4.78, 5) is 12.0. The first kappa shape index (κ1) is 26.6. The maximum atomic E-state index is 13.5. The van der Waals surface area contributed by atoms with Gasteiger partial charge in [-0.2, -0.15) is 4.57 Å². The highest BCUT2D eigenvalue weighted by molar-refractivity contribution is 7.94. The first-order valence-corrected chi connectivity index (χ1v) is 12.5. The molecule has 0 spiro atoms. The van der Waals surface area contributed by atoms with Gasteiger partial charge in [0, 0.05) is 42.7 Å². The van der Waals surface area contributed by atoms with Gasteiger partial charge in [0.25, 0.3) is 5.69 Å². The smallest absolute Gasteiger partial charge is 0.253 e. The Labute approximate surface area is 210 Å². The van der Waals surface area contributed by atoms with Crippen LogP contribution in [-0.2, 0) is 14.6 Å². The number of sulfone groups is 1. The number of hydrogen-bond donors (Lipinski definition) is 1. The summed E-state index contributed by atoms with van der Waals surface area (Å²) in [5.74, 6) is 1.25. The number of hydrogen-bond acceptors (Lipinski definition) is 7. The maximum Gasteiger partial charge on any atom is 0.253 e. The predicted molar refractivity (Wildman–Crippen MR) is 135 cm³/mol. The fourth-order valence-corrected chi connectivity index (χ4v) is 4.95. The van der Waals surface area contributed by atoms with Crippen LogP contribution in [0.3, 0.4) is 0 Å². The minimum Gasteiger partial charge on any atom is -0.496 e. The van der Waals surface area contributed by atoms with Crippen molar-refractivity contribution in [2.24, 2.45) is 0 Å². The highest BCUT2D eigenvalue weighted by atomic mass is 32.2. The van der Waals surface area contributed by atoms with Crippen molar-refractivity contribution in [2.75, 3.05) is 28.4 Å². The van der Waals surface area contributed by atoms with Gasteiger partial charge in [0.05, 0.1) is 34.0 Å². The average molecular weight is 514 g/mol. The molecule has 3 aromatic rings.